The molecule has 5 aliphatic carbocycles. The number of nitrogens with zero attached hydrogens (tertiary/aromatic N) is 7. The highest BCUT2D eigenvalue weighted by molar-refractivity contribution is 7.89. The molecular formula is C91H102B4N12O8S2. The second-order valence-electron chi connectivity index (χ2n) is 33.5. The average Bonchev–Trinajstić information content (AvgIpc) is 1.76. The van der Waals surface area contributed by atoms with Crippen LogP contribution >= 0.6 is 0 Å². The summed E-state index contributed by atoms with van der Waals surface area (Å²) >= 11 is 0. The molecule has 0 atom stereocenters. The van der Waals surface area contributed by atoms with Crippen LogP contribution in [0.3, 0.4) is 0 Å². The molecule has 4 saturated carbocycles. The normalized spacial score (nSPS) is 21.6. The Labute approximate surface area is 687 Å². The van der Waals surface area contributed by atoms with E-state index in [0.29, 0.717) is 68.1 Å². The van der Waals surface area contributed by atoms with Crippen LogP contribution in [0.15, 0.2) is 212 Å². The fraction of sp³-hybridized carbons (Fsp3) is 0.352. The number of unbranched alkanes of at least 4 members (excludes halogenated alkanes) is 1. The van der Waals surface area contributed by atoms with E-state index in [-0.39, 0.29) is 29.5 Å². The Morgan fingerprint density at radius 1 is 0.453 bits per heavy atom. The van der Waals surface area contributed by atoms with Crippen molar-refractivity contribution >= 4 is 115 Å². The third-order valence-corrected chi connectivity index (χ3v) is 28.4. The summed E-state index contributed by atoms with van der Waals surface area (Å²) in [5.74, 6) is 7.85. The number of nitrogens with one attached hydrogen (secondary N) is 5. The second kappa shape index (κ2) is 35.2. The SMILES string of the molecule is CCCCS(=O)(=O)NC1CC(C2=CB(O)Cc3cnc4[nH]ccc4c32)C1.CCCS(=O)(=O)NC1CC(C2=CB(O)Cc3cnc4c(c32)C=CC4)C1.OB1C=C(C2CC(N(Cc3ccccc3)Cc3ccccc3)C2)c2c(cnc3[nH]ccc23)C1.OB1CN=C(C2CC(N(Cc3ccccc3)Cc3ccccc3)C2)c2c1cnc1[nH]ccc21. The van der Waals surface area contributed by atoms with E-state index < -0.39 is 47.7 Å². The first-order valence-corrected chi connectivity index (χ1v) is 45.3. The van der Waals surface area contributed by atoms with E-state index in [1.165, 1.54) is 66.6 Å². The highest BCUT2D eigenvalue weighted by Gasteiger charge is 2.44. The van der Waals surface area contributed by atoms with Gasteiger partial charge in [-0.25, -0.2) is 41.2 Å². The molecule has 0 radical (unpaired) electrons. The molecule has 26 heteroatoms. The molecule has 4 aliphatic heterocycles. The molecule has 20 nitrogen and oxygen atoms in total. The molecule has 9 aliphatic rings. The number of fused-ring (bicyclic) bond motifs is 12. The number of aromatic amines is 3. The highest BCUT2D eigenvalue weighted by Crippen LogP contribution is 2.49. The number of aliphatic imine (C=N–C) groups is 1. The Morgan fingerprint density at radius 3 is 1.29 bits per heavy atom. The smallest absolute Gasteiger partial charge is 0.348 e. The van der Waals surface area contributed by atoms with Crippen LogP contribution in [0.4, 0.5) is 0 Å². The predicted molar refractivity (Wildman–Crippen MR) is 473 cm³/mol. The summed E-state index contributed by atoms with van der Waals surface area (Å²) < 4.78 is 53.7. The molecule has 0 unspecified atom stereocenters. The van der Waals surface area contributed by atoms with Crippen LogP contribution in [-0.2, 0) is 71.6 Å². The number of H-pyrrole nitrogens is 3. The minimum atomic E-state index is -3.19. The van der Waals surface area contributed by atoms with Gasteiger partial charge in [0.15, 0.2) is 0 Å². The number of pyridine rings is 4. The van der Waals surface area contributed by atoms with Crippen LogP contribution < -0.4 is 14.9 Å². The maximum atomic E-state index is 12.1. The number of aromatic nitrogens is 7. The molecule has 4 fully saturated rings. The summed E-state index contributed by atoms with van der Waals surface area (Å²) in [6, 6.07) is 50.3. The van der Waals surface area contributed by atoms with E-state index in [4.69, 9.17) is 4.99 Å². The largest absolute Gasteiger partial charge is 0.446 e. The number of allylic oxidation sites excluding steroid dienone is 4. The van der Waals surface area contributed by atoms with Gasteiger partial charge in [-0.3, -0.25) is 19.8 Å². The van der Waals surface area contributed by atoms with Gasteiger partial charge in [-0.15, -0.1) is 0 Å². The summed E-state index contributed by atoms with van der Waals surface area (Å²) in [6.45, 7) is 5.68. The molecule has 9 N–H and O–H groups in total. The van der Waals surface area contributed by atoms with Gasteiger partial charge in [-0.1, -0.05) is 172 Å². The van der Waals surface area contributed by atoms with Crippen LogP contribution in [0.25, 0.3) is 55.9 Å². The maximum Gasteiger partial charge on any atom is 0.348 e. The summed E-state index contributed by atoms with van der Waals surface area (Å²) in [5.41, 5.74) is 24.1. The highest BCUT2D eigenvalue weighted by atomic mass is 32.2. The van der Waals surface area contributed by atoms with E-state index >= 15 is 0 Å². The number of hydrogen-bond acceptors (Lipinski definition) is 15. The van der Waals surface area contributed by atoms with E-state index in [9.17, 15) is 36.9 Å². The van der Waals surface area contributed by atoms with Gasteiger partial charge in [-0.05, 0) is 197 Å². The number of hydrogen-bond donors (Lipinski definition) is 9. The van der Waals surface area contributed by atoms with E-state index in [1.54, 1.807) is 0 Å². The maximum absolute atomic E-state index is 12.1. The van der Waals surface area contributed by atoms with E-state index in [1.807, 2.05) is 75.2 Å². The molecule has 0 spiro atoms. The molecule has 11 aromatic rings. The molecule has 0 amide bonds. The van der Waals surface area contributed by atoms with Crippen LogP contribution in [-0.4, -0.2) is 157 Å². The topological polar surface area (TPSA) is 291 Å². The third-order valence-electron chi connectivity index (χ3n) is 25.2. The lowest BCUT2D eigenvalue weighted by Gasteiger charge is -2.45. The monoisotopic (exact) mass is 1600 g/mol. The van der Waals surface area contributed by atoms with Gasteiger partial charge >= 0.3 is 27.7 Å². The fourth-order valence-corrected chi connectivity index (χ4v) is 22.0. The molecule has 11 heterocycles. The predicted octanol–water partition coefficient (Wildman–Crippen LogP) is 12.4. The summed E-state index contributed by atoms with van der Waals surface area (Å²) in [6.07, 6.45) is 30.4. The van der Waals surface area contributed by atoms with Crippen molar-refractivity contribution in [2.75, 3.05) is 17.9 Å². The molecule has 20 rings (SSSR count). The molecule has 0 bridgehead atoms. The minimum Gasteiger partial charge on any atom is -0.446 e. The van der Waals surface area contributed by atoms with Crippen molar-refractivity contribution in [2.24, 2.45) is 28.7 Å². The van der Waals surface area contributed by atoms with Crippen LogP contribution in [0.2, 0.25) is 0 Å². The van der Waals surface area contributed by atoms with Gasteiger partial charge in [0.2, 0.25) is 20.0 Å². The van der Waals surface area contributed by atoms with Crippen molar-refractivity contribution in [3.63, 3.8) is 0 Å². The zero-order chi connectivity index (χ0) is 80.3. The zero-order valence-electron chi connectivity index (χ0n) is 66.6. The van der Waals surface area contributed by atoms with Gasteiger partial charge in [-0.2, -0.15) is 0 Å². The van der Waals surface area contributed by atoms with Gasteiger partial charge in [0, 0.05) is 146 Å². The van der Waals surface area contributed by atoms with Crippen LogP contribution in [0.1, 0.15) is 157 Å². The van der Waals surface area contributed by atoms with E-state index in [2.05, 4.69) is 206 Å². The van der Waals surface area contributed by atoms with Gasteiger partial charge in [0.1, 0.15) is 16.9 Å². The average molecular weight is 1600 g/mol. The van der Waals surface area contributed by atoms with Crippen molar-refractivity contribution in [1.29, 1.82) is 0 Å². The van der Waals surface area contributed by atoms with Crippen molar-refractivity contribution in [2.45, 2.75) is 160 Å². The van der Waals surface area contributed by atoms with Crippen molar-refractivity contribution in [3.05, 3.63) is 279 Å². The first kappa shape index (κ1) is 80.0. The number of benzene rings is 4. The summed E-state index contributed by atoms with van der Waals surface area (Å²) in [7, 11) is -6.36. The standard InChI is InChI=1S/C28H28BN3O.C27H27BN4O.C18H24BN3O3S.C18H23BN2O3S/c33-29-15-23-17-31-28-25(11-12-30-28)27(23)26(16-29)22-13-24(14-22)32(18-20-7-3-1-4-8-20)19-21-9-5-2-6-10-21;33-28-18-31-26(25-23-11-12-29-27(23)30-15-24(25)28)21-13-22(14-21)32(16-19-7-3-1-4-8-19)17-20-9-5-2-6-10-20;1-2-3-6-26(24,25)22-14-7-12(8-14)16-10-19(23)9-13-11-21-18-15(17(13)16)4-5-20-18;1-2-6-25(23,24)21-14-7-12(8-14)16-10-19(22)9-13-11-20-17-5-3-4-15(17)18(13)16/h1-12,16-17,22,24,33H,13-15,18-19H2,(H,30,31);1-12,15,21-22,33H,13-14,16-18H2,(H,29,30);4-5,10-12,14,22-23H,2-3,6-9H2,1H3,(H,20,21);3-4,10-12,14,21-22H,2,5-9H2,1H3. The molecule has 117 heavy (non-hydrogen) atoms. The lowest BCUT2D eigenvalue weighted by Crippen LogP contribution is -2.50. The van der Waals surface area contributed by atoms with Crippen molar-refractivity contribution in [1.82, 2.24) is 54.1 Å². The van der Waals surface area contributed by atoms with Crippen LogP contribution in [0, 0.1) is 23.7 Å². The Balaban J connectivity index is 0.000000113. The lowest BCUT2D eigenvalue weighted by molar-refractivity contribution is 0.0866. The Hall–Kier alpha value is -9.43. The zero-order valence-corrected chi connectivity index (χ0v) is 68.2. The van der Waals surface area contributed by atoms with Crippen molar-refractivity contribution < 1.29 is 36.9 Å². The Bertz CT molecular complexity index is 5690. The summed E-state index contributed by atoms with van der Waals surface area (Å²) in [4.78, 5) is 37.7. The molecule has 598 valence electrons. The quantitative estimate of drug-likeness (QED) is 0.0269. The molecular weight excluding hydrogens is 1500 g/mol. The number of rotatable bonds is 23. The first-order chi connectivity index (χ1) is 56.9. The fourth-order valence-electron chi connectivity index (χ4n) is 19.1. The number of sulfonamides is 2. The molecule has 4 aromatic carbocycles. The molecule has 7 aromatic heterocycles. The molecule has 0 saturated heterocycles. The summed E-state index contributed by atoms with van der Waals surface area (Å²) in [5, 5.41) is 44.9. The lowest BCUT2D eigenvalue weighted by atomic mass is 9.54. The van der Waals surface area contributed by atoms with Crippen molar-refractivity contribution in [3.8, 4) is 0 Å². The van der Waals surface area contributed by atoms with Gasteiger partial charge in [0.25, 0.3) is 0 Å². The van der Waals surface area contributed by atoms with Gasteiger partial charge in [0.05, 0.1) is 17.2 Å². The second-order valence-corrected chi connectivity index (χ2v) is 37.3. The van der Waals surface area contributed by atoms with Crippen LogP contribution in [0.5, 0.6) is 0 Å². The van der Waals surface area contributed by atoms with Gasteiger partial charge < -0.3 is 35.0 Å². The third kappa shape index (κ3) is 18.0. The Morgan fingerprint density at radius 2 is 0.846 bits per heavy atom. The minimum absolute atomic E-state index is 0.00571. The Kier molecular flexibility index (Phi) is 24.1. The first-order valence-electron chi connectivity index (χ1n) is 42.0. The van der Waals surface area contributed by atoms with E-state index in [0.717, 1.165) is 157 Å².